The van der Waals surface area contributed by atoms with Gasteiger partial charge in [-0.3, -0.25) is 0 Å². The Morgan fingerprint density at radius 3 is 1.56 bits per heavy atom. The maximum atomic E-state index is 7.81. The lowest BCUT2D eigenvalue weighted by atomic mass is 10.7. The molecule has 0 bridgehead atoms. The lowest BCUT2D eigenvalue weighted by Gasteiger charge is -1.69. The molecule has 6 N–H and O–H groups in total. The SMILES string of the molecule is N#CC=C(S)S.O.O.O. The standard InChI is InChI=1S/C3H3NS2.3H2O/c4-2-1-3(5)6;;;/h1,5-6H;3*1H2. The number of thiol groups is 2. The summed E-state index contributed by atoms with van der Waals surface area (Å²) in [5.74, 6) is 0. The maximum Gasteiger partial charge on any atom is 0.0929 e. The van der Waals surface area contributed by atoms with Crippen molar-refractivity contribution >= 4 is 25.3 Å². The first-order valence-corrected chi connectivity index (χ1v) is 2.14. The van der Waals surface area contributed by atoms with E-state index in [1.807, 2.05) is 0 Å². The van der Waals surface area contributed by atoms with Gasteiger partial charge >= 0.3 is 0 Å². The quantitative estimate of drug-likeness (QED) is 0.343. The summed E-state index contributed by atoms with van der Waals surface area (Å²) in [5.41, 5.74) is 0. The second kappa shape index (κ2) is 15.7. The van der Waals surface area contributed by atoms with Gasteiger partial charge in [-0.2, -0.15) is 5.26 Å². The Morgan fingerprint density at radius 1 is 1.22 bits per heavy atom. The highest BCUT2D eigenvalue weighted by Gasteiger charge is 1.68. The van der Waals surface area contributed by atoms with Crippen LogP contribution in [0.5, 0.6) is 0 Å². The summed E-state index contributed by atoms with van der Waals surface area (Å²) in [6, 6.07) is 1.75. The first-order chi connectivity index (χ1) is 2.77. The summed E-state index contributed by atoms with van der Waals surface area (Å²) in [6.07, 6.45) is 1.24. The van der Waals surface area contributed by atoms with Crippen molar-refractivity contribution in [2.45, 2.75) is 0 Å². The number of hydrogen-bond acceptors (Lipinski definition) is 3. The molecule has 0 aliphatic heterocycles. The van der Waals surface area contributed by atoms with Crippen molar-refractivity contribution in [1.29, 1.82) is 5.26 Å². The van der Waals surface area contributed by atoms with Gasteiger partial charge in [-0.1, -0.05) is 0 Å². The topological polar surface area (TPSA) is 118 Å². The Hall–Kier alpha value is -0.190. The van der Waals surface area contributed by atoms with E-state index in [2.05, 4.69) is 25.3 Å². The van der Waals surface area contributed by atoms with Crippen molar-refractivity contribution in [2.24, 2.45) is 0 Å². The molecule has 0 radical (unpaired) electrons. The molecule has 0 aromatic heterocycles. The van der Waals surface area contributed by atoms with Crippen LogP contribution in [0.25, 0.3) is 0 Å². The van der Waals surface area contributed by atoms with Gasteiger partial charge in [0, 0.05) is 10.3 Å². The second-order valence-electron chi connectivity index (χ2n) is 0.632. The Morgan fingerprint density at radius 2 is 1.56 bits per heavy atom. The van der Waals surface area contributed by atoms with Crippen LogP contribution in [0, 0.1) is 11.3 Å². The molecule has 0 saturated heterocycles. The molecule has 0 amide bonds. The summed E-state index contributed by atoms with van der Waals surface area (Å²) in [4.78, 5) is 0. The first-order valence-electron chi connectivity index (χ1n) is 1.25. The molecular weight excluding hydrogens is 162 g/mol. The van der Waals surface area contributed by atoms with Crippen LogP contribution >= 0.6 is 25.3 Å². The zero-order valence-electron chi connectivity index (χ0n) is 4.42. The highest BCUT2D eigenvalue weighted by molar-refractivity contribution is 8.05. The van der Waals surface area contributed by atoms with E-state index in [9.17, 15) is 0 Å². The zero-order valence-corrected chi connectivity index (χ0v) is 6.21. The van der Waals surface area contributed by atoms with Crippen LogP contribution in [0.3, 0.4) is 0 Å². The molecule has 4 nitrogen and oxygen atoms in total. The number of rotatable bonds is 0. The van der Waals surface area contributed by atoms with Crippen molar-refractivity contribution in [1.82, 2.24) is 0 Å². The van der Waals surface area contributed by atoms with Crippen molar-refractivity contribution < 1.29 is 16.4 Å². The normalized spacial score (nSPS) is 4.11. The fourth-order valence-electron chi connectivity index (χ4n) is 0.0577. The molecule has 0 unspecified atom stereocenters. The van der Waals surface area contributed by atoms with E-state index < -0.39 is 0 Å². The molecule has 0 atom stereocenters. The van der Waals surface area contributed by atoms with Crippen LogP contribution in [0.4, 0.5) is 0 Å². The fraction of sp³-hybridized carbons (Fsp3) is 0. The third-order valence-corrected chi connectivity index (χ3v) is 0.452. The van der Waals surface area contributed by atoms with Crippen LogP contribution in [0.15, 0.2) is 10.3 Å². The van der Waals surface area contributed by atoms with Crippen LogP contribution in [-0.2, 0) is 0 Å². The molecular formula is C3H9NO3S2. The van der Waals surface area contributed by atoms with Gasteiger partial charge in [0.2, 0.25) is 0 Å². The Balaban J connectivity index is -0.0000000417. The number of nitriles is 1. The van der Waals surface area contributed by atoms with Gasteiger partial charge in [-0.15, -0.1) is 25.3 Å². The average molecular weight is 171 g/mol. The number of allylic oxidation sites excluding steroid dienone is 1. The minimum absolute atomic E-state index is 0. The minimum atomic E-state index is 0. The van der Waals surface area contributed by atoms with Gasteiger partial charge in [-0.05, 0) is 0 Å². The van der Waals surface area contributed by atoms with Crippen molar-refractivity contribution in [3.05, 3.63) is 10.3 Å². The largest absolute Gasteiger partial charge is 0.412 e. The third-order valence-electron chi connectivity index (χ3n) is 0.194. The molecule has 0 aromatic carbocycles. The molecule has 0 rings (SSSR count). The second-order valence-corrected chi connectivity index (χ2v) is 1.95. The molecule has 0 aromatic rings. The van der Waals surface area contributed by atoms with Gasteiger partial charge in [0.05, 0.1) is 6.07 Å². The predicted molar refractivity (Wildman–Crippen MR) is 42.5 cm³/mol. The molecule has 6 heteroatoms. The van der Waals surface area contributed by atoms with Crippen LogP contribution in [-0.4, -0.2) is 16.4 Å². The molecule has 0 aliphatic rings. The number of nitrogens with zero attached hydrogens (tertiary/aromatic N) is 1. The Bertz CT molecular complexity index is 104. The number of hydrogen-bond donors (Lipinski definition) is 2. The third kappa shape index (κ3) is 33.4. The van der Waals surface area contributed by atoms with E-state index in [0.29, 0.717) is 4.24 Å². The summed E-state index contributed by atoms with van der Waals surface area (Å²) in [6.45, 7) is 0. The van der Waals surface area contributed by atoms with E-state index in [4.69, 9.17) is 5.26 Å². The highest BCUT2D eigenvalue weighted by Crippen LogP contribution is 2.01. The van der Waals surface area contributed by atoms with E-state index in [-0.39, 0.29) is 16.4 Å². The van der Waals surface area contributed by atoms with Gasteiger partial charge in [0.25, 0.3) is 0 Å². The maximum absolute atomic E-state index is 7.81. The molecule has 0 aliphatic carbocycles. The summed E-state index contributed by atoms with van der Waals surface area (Å²) in [5, 5.41) is 7.81. The van der Waals surface area contributed by atoms with Crippen molar-refractivity contribution in [3.8, 4) is 6.07 Å². The van der Waals surface area contributed by atoms with Crippen LogP contribution < -0.4 is 0 Å². The van der Waals surface area contributed by atoms with E-state index in [1.165, 1.54) is 6.08 Å². The fourth-order valence-corrected chi connectivity index (χ4v) is 0.173. The molecule has 56 valence electrons. The monoisotopic (exact) mass is 171 g/mol. The van der Waals surface area contributed by atoms with Gasteiger partial charge in [-0.25, -0.2) is 0 Å². The molecule has 0 fully saturated rings. The minimum Gasteiger partial charge on any atom is -0.412 e. The predicted octanol–water partition coefficient (Wildman–Crippen LogP) is -1.26. The van der Waals surface area contributed by atoms with Gasteiger partial charge in [0.1, 0.15) is 0 Å². The van der Waals surface area contributed by atoms with E-state index in [0.717, 1.165) is 0 Å². The van der Waals surface area contributed by atoms with Crippen molar-refractivity contribution in [2.75, 3.05) is 0 Å². The lowest BCUT2D eigenvalue weighted by molar-refractivity contribution is 0.823. The molecule has 0 heterocycles. The van der Waals surface area contributed by atoms with E-state index >= 15 is 0 Å². The molecule has 0 spiro atoms. The van der Waals surface area contributed by atoms with E-state index in [1.54, 1.807) is 6.07 Å². The Kier molecular flexibility index (Phi) is 40.4. The average Bonchev–Trinajstić information content (AvgIpc) is 1.35. The molecule has 9 heavy (non-hydrogen) atoms. The lowest BCUT2D eigenvalue weighted by Crippen LogP contribution is -1.44. The highest BCUT2D eigenvalue weighted by atomic mass is 32.2. The van der Waals surface area contributed by atoms with Crippen LogP contribution in [0.2, 0.25) is 0 Å². The van der Waals surface area contributed by atoms with Gasteiger partial charge < -0.3 is 16.4 Å². The van der Waals surface area contributed by atoms with Crippen molar-refractivity contribution in [3.63, 3.8) is 0 Å². The first kappa shape index (κ1) is 23.2. The Labute approximate surface area is 63.9 Å². The zero-order chi connectivity index (χ0) is 4.99. The summed E-state index contributed by atoms with van der Waals surface area (Å²) in [7, 11) is 0. The summed E-state index contributed by atoms with van der Waals surface area (Å²) >= 11 is 7.36. The van der Waals surface area contributed by atoms with Crippen LogP contribution in [0.1, 0.15) is 0 Å². The van der Waals surface area contributed by atoms with Gasteiger partial charge in [0.15, 0.2) is 0 Å². The summed E-state index contributed by atoms with van der Waals surface area (Å²) < 4.78 is 0.442. The smallest absolute Gasteiger partial charge is 0.0929 e. The molecule has 0 saturated carbocycles.